The molecule has 2 N–H and O–H groups in total. The van der Waals surface area contributed by atoms with E-state index in [0.717, 1.165) is 33.9 Å². The van der Waals surface area contributed by atoms with E-state index in [9.17, 15) is 5.11 Å². The van der Waals surface area contributed by atoms with Gasteiger partial charge in [-0.15, -0.1) is 0 Å². The number of fused-ring (bicyclic) bond motifs is 1. The third-order valence-electron chi connectivity index (χ3n) is 3.49. The summed E-state index contributed by atoms with van der Waals surface area (Å²) >= 11 is 0. The van der Waals surface area contributed by atoms with Crippen LogP contribution >= 0.6 is 0 Å². The normalized spacial score (nSPS) is 12.5. The molecule has 4 heteroatoms. The highest BCUT2D eigenvalue weighted by Crippen LogP contribution is 2.36. The van der Waals surface area contributed by atoms with Crippen molar-refractivity contribution >= 4 is 5.69 Å². The number of hydrogen-bond donors (Lipinski definition) is 2. The van der Waals surface area contributed by atoms with Crippen molar-refractivity contribution in [2.75, 3.05) is 12.1 Å². The van der Waals surface area contributed by atoms with Crippen molar-refractivity contribution in [1.82, 2.24) is 0 Å². The molecule has 1 heterocycles. The van der Waals surface area contributed by atoms with Gasteiger partial charge in [-0.1, -0.05) is 12.1 Å². The Balaban J connectivity index is 1.81. The van der Waals surface area contributed by atoms with Gasteiger partial charge in [-0.3, -0.25) is 0 Å². The lowest BCUT2D eigenvalue weighted by atomic mass is 10.1. The fraction of sp³-hybridized carbons (Fsp3) is 0.250. The van der Waals surface area contributed by atoms with Crippen molar-refractivity contribution in [3.05, 3.63) is 47.0 Å². The zero-order chi connectivity index (χ0) is 14.1. The summed E-state index contributed by atoms with van der Waals surface area (Å²) in [6.07, 6.45) is 0. The average molecular weight is 271 g/mol. The maximum absolute atomic E-state index is 9.67. The van der Waals surface area contributed by atoms with Gasteiger partial charge in [0.2, 0.25) is 6.79 Å². The SMILES string of the molecule is Cc1cc(NCc2cccc3c2OCO3)c(C)cc1O. The van der Waals surface area contributed by atoms with Crippen LogP contribution in [0.1, 0.15) is 16.7 Å². The summed E-state index contributed by atoms with van der Waals surface area (Å²) in [6, 6.07) is 9.60. The van der Waals surface area contributed by atoms with E-state index in [2.05, 4.69) is 5.32 Å². The summed E-state index contributed by atoms with van der Waals surface area (Å²) in [4.78, 5) is 0. The summed E-state index contributed by atoms with van der Waals surface area (Å²) in [5.74, 6) is 1.93. The molecule has 0 amide bonds. The Labute approximate surface area is 118 Å². The van der Waals surface area contributed by atoms with Crippen LogP contribution in [-0.2, 0) is 6.54 Å². The molecule has 20 heavy (non-hydrogen) atoms. The molecule has 2 aromatic carbocycles. The number of nitrogens with one attached hydrogen (secondary N) is 1. The van der Waals surface area contributed by atoms with Crippen molar-refractivity contribution in [3.63, 3.8) is 0 Å². The Morgan fingerprint density at radius 1 is 1.15 bits per heavy atom. The lowest BCUT2D eigenvalue weighted by Crippen LogP contribution is -2.03. The second kappa shape index (κ2) is 4.96. The molecule has 0 radical (unpaired) electrons. The molecular weight excluding hydrogens is 254 g/mol. The summed E-state index contributed by atoms with van der Waals surface area (Å²) in [5, 5.41) is 13.1. The quantitative estimate of drug-likeness (QED) is 0.841. The molecule has 0 aromatic heterocycles. The van der Waals surface area contributed by atoms with Crippen molar-refractivity contribution in [1.29, 1.82) is 0 Å². The summed E-state index contributed by atoms with van der Waals surface area (Å²) in [6.45, 7) is 4.79. The van der Waals surface area contributed by atoms with Crippen LogP contribution < -0.4 is 14.8 Å². The minimum atomic E-state index is 0.281. The lowest BCUT2D eigenvalue weighted by molar-refractivity contribution is 0.173. The number of anilines is 1. The topological polar surface area (TPSA) is 50.7 Å². The van der Waals surface area contributed by atoms with Crippen molar-refractivity contribution in [2.45, 2.75) is 20.4 Å². The molecule has 0 fully saturated rings. The molecule has 0 spiro atoms. The van der Waals surface area contributed by atoms with Crippen LogP contribution in [0.2, 0.25) is 0 Å². The minimum absolute atomic E-state index is 0.281. The monoisotopic (exact) mass is 271 g/mol. The first-order valence-corrected chi connectivity index (χ1v) is 6.57. The highest BCUT2D eigenvalue weighted by molar-refractivity contribution is 5.58. The van der Waals surface area contributed by atoms with Crippen LogP contribution in [0.25, 0.3) is 0 Å². The van der Waals surface area contributed by atoms with E-state index in [1.165, 1.54) is 0 Å². The largest absolute Gasteiger partial charge is 0.508 e. The van der Waals surface area contributed by atoms with Gasteiger partial charge in [0.05, 0.1) is 0 Å². The predicted molar refractivity (Wildman–Crippen MR) is 77.5 cm³/mol. The smallest absolute Gasteiger partial charge is 0.231 e. The van der Waals surface area contributed by atoms with Gasteiger partial charge in [0.1, 0.15) is 5.75 Å². The zero-order valence-electron chi connectivity index (χ0n) is 11.6. The molecule has 4 nitrogen and oxygen atoms in total. The maximum atomic E-state index is 9.67. The number of para-hydroxylation sites is 1. The van der Waals surface area contributed by atoms with E-state index < -0.39 is 0 Å². The van der Waals surface area contributed by atoms with Crippen LogP contribution in [0.3, 0.4) is 0 Å². The standard InChI is InChI=1S/C16H17NO3/c1-10-7-14(18)11(2)6-13(10)17-8-12-4-3-5-15-16(12)20-9-19-15/h3-7,17-18H,8-9H2,1-2H3. The van der Waals surface area contributed by atoms with Gasteiger partial charge in [0.15, 0.2) is 11.5 Å². The van der Waals surface area contributed by atoms with E-state index in [4.69, 9.17) is 9.47 Å². The van der Waals surface area contributed by atoms with E-state index in [0.29, 0.717) is 12.3 Å². The highest BCUT2D eigenvalue weighted by Gasteiger charge is 2.17. The third kappa shape index (κ3) is 2.25. The molecule has 0 bridgehead atoms. The summed E-state index contributed by atoms with van der Waals surface area (Å²) in [7, 11) is 0. The van der Waals surface area contributed by atoms with Gasteiger partial charge in [0.25, 0.3) is 0 Å². The van der Waals surface area contributed by atoms with E-state index in [-0.39, 0.29) is 6.79 Å². The summed E-state index contributed by atoms with van der Waals surface area (Å²) < 4.78 is 10.9. The Morgan fingerprint density at radius 3 is 2.85 bits per heavy atom. The molecule has 0 saturated heterocycles. The van der Waals surface area contributed by atoms with Gasteiger partial charge >= 0.3 is 0 Å². The molecule has 0 aliphatic carbocycles. The van der Waals surface area contributed by atoms with Gasteiger partial charge in [0, 0.05) is 17.8 Å². The van der Waals surface area contributed by atoms with E-state index >= 15 is 0 Å². The predicted octanol–water partition coefficient (Wildman–Crippen LogP) is 3.35. The maximum Gasteiger partial charge on any atom is 0.231 e. The molecule has 2 aromatic rings. The Bertz CT molecular complexity index is 652. The first-order chi connectivity index (χ1) is 9.65. The third-order valence-corrected chi connectivity index (χ3v) is 3.49. The van der Waals surface area contributed by atoms with Gasteiger partial charge in [-0.05, 0) is 43.2 Å². The van der Waals surface area contributed by atoms with Crippen molar-refractivity contribution in [2.24, 2.45) is 0 Å². The van der Waals surface area contributed by atoms with Gasteiger partial charge in [-0.2, -0.15) is 0 Å². The number of phenolic OH excluding ortho intramolecular Hbond substituents is 1. The summed E-state index contributed by atoms with van der Waals surface area (Å²) in [5.41, 5.74) is 3.94. The average Bonchev–Trinajstić information content (AvgIpc) is 2.90. The number of aryl methyl sites for hydroxylation is 2. The molecule has 0 atom stereocenters. The molecule has 104 valence electrons. The molecule has 1 aliphatic heterocycles. The number of rotatable bonds is 3. The lowest BCUT2D eigenvalue weighted by Gasteiger charge is -2.13. The molecular formula is C16H17NO3. The number of benzene rings is 2. The molecule has 3 rings (SSSR count). The number of ether oxygens (including phenoxy) is 2. The number of hydrogen-bond acceptors (Lipinski definition) is 4. The Morgan fingerprint density at radius 2 is 2.00 bits per heavy atom. The van der Waals surface area contributed by atoms with E-state index in [1.54, 1.807) is 6.07 Å². The number of phenols is 1. The minimum Gasteiger partial charge on any atom is -0.508 e. The van der Waals surface area contributed by atoms with Gasteiger partial charge in [-0.25, -0.2) is 0 Å². The fourth-order valence-electron chi connectivity index (χ4n) is 2.31. The van der Waals surface area contributed by atoms with Crippen LogP contribution in [0.5, 0.6) is 17.2 Å². The van der Waals surface area contributed by atoms with Crippen LogP contribution in [0, 0.1) is 13.8 Å². The molecule has 0 saturated carbocycles. The first-order valence-electron chi connectivity index (χ1n) is 6.57. The van der Waals surface area contributed by atoms with Crippen LogP contribution in [-0.4, -0.2) is 11.9 Å². The first kappa shape index (κ1) is 12.7. The molecule has 0 unspecified atom stereocenters. The Hall–Kier alpha value is -2.36. The van der Waals surface area contributed by atoms with Crippen molar-refractivity contribution in [3.8, 4) is 17.2 Å². The van der Waals surface area contributed by atoms with E-state index in [1.807, 2.05) is 38.1 Å². The second-order valence-electron chi connectivity index (χ2n) is 4.96. The van der Waals surface area contributed by atoms with Crippen LogP contribution in [0.4, 0.5) is 5.69 Å². The molecule has 1 aliphatic rings. The van der Waals surface area contributed by atoms with Crippen molar-refractivity contribution < 1.29 is 14.6 Å². The number of aromatic hydroxyl groups is 1. The highest BCUT2D eigenvalue weighted by atomic mass is 16.7. The zero-order valence-corrected chi connectivity index (χ0v) is 11.6. The second-order valence-corrected chi connectivity index (χ2v) is 4.96. The Kier molecular flexibility index (Phi) is 3.14. The fourth-order valence-corrected chi connectivity index (χ4v) is 2.31. The van der Waals surface area contributed by atoms with Gasteiger partial charge < -0.3 is 19.9 Å². The van der Waals surface area contributed by atoms with Crippen LogP contribution in [0.15, 0.2) is 30.3 Å².